The van der Waals surface area contributed by atoms with E-state index in [4.69, 9.17) is 21.2 Å². The molecule has 2 aromatic carbocycles. The molecule has 0 bridgehead atoms. The van der Waals surface area contributed by atoms with Gasteiger partial charge in [-0.25, -0.2) is 4.84 Å². The molecular weight excluding hydrogens is 366 g/mol. The van der Waals surface area contributed by atoms with E-state index < -0.39 is 0 Å². The molecule has 0 aliphatic carbocycles. The molecule has 2 aromatic rings. The smallest absolute Gasteiger partial charge is 0.188 e. The van der Waals surface area contributed by atoms with Crippen LogP contribution in [0.25, 0.3) is 5.70 Å². The maximum atomic E-state index is 5.91. The minimum Gasteiger partial charge on any atom is -0.345 e. The van der Waals surface area contributed by atoms with Crippen LogP contribution in [0, 0.1) is 0 Å². The number of rotatable bonds is 4. The second-order valence-electron chi connectivity index (χ2n) is 4.94. The van der Waals surface area contributed by atoms with Crippen LogP contribution in [0.2, 0.25) is 5.02 Å². The fourth-order valence-corrected chi connectivity index (χ4v) is 2.86. The summed E-state index contributed by atoms with van der Waals surface area (Å²) in [6, 6.07) is 17.6. The number of ether oxygens (including phenoxy) is 1. The molecule has 5 heteroatoms. The molecule has 0 saturated heterocycles. The van der Waals surface area contributed by atoms with Gasteiger partial charge in [0.1, 0.15) is 0 Å². The third-order valence-corrected chi connectivity index (χ3v) is 4.29. The van der Waals surface area contributed by atoms with Crippen molar-refractivity contribution >= 4 is 33.2 Å². The van der Waals surface area contributed by atoms with Gasteiger partial charge in [0, 0.05) is 21.5 Å². The second-order valence-corrected chi connectivity index (χ2v) is 6.33. The zero-order chi connectivity index (χ0) is 15.4. The molecule has 0 amide bonds. The lowest BCUT2D eigenvalue weighted by Gasteiger charge is -2.26. The highest BCUT2D eigenvalue weighted by Crippen LogP contribution is 2.30. The van der Waals surface area contributed by atoms with Crippen LogP contribution in [0.3, 0.4) is 0 Å². The van der Waals surface area contributed by atoms with Crippen LogP contribution in [0.5, 0.6) is 0 Å². The Balaban J connectivity index is 1.63. The molecule has 0 spiro atoms. The SMILES string of the molecule is Clc1ccc(C2=C(Br)CC(OCc3ccccc3)ON2)cc1. The number of hydrogen-bond acceptors (Lipinski definition) is 3. The van der Waals surface area contributed by atoms with Gasteiger partial charge in [-0.2, -0.15) is 0 Å². The van der Waals surface area contributed by atoms with Crippen LogP contribution in [0.15, 0.2) is 59.1 Å². The van der Waals surface area contributed by atoms with Crippen molar-refractivity contribution in [1.29, 1.82) is 0 Å². The number of hydroxylamine groups is 1. The molecule has 1 unspecified atom stereocenters. The standard InChI is InChI=1S/C17H15BrClNO2/c18-15-10-16(21-11-12-4-2-1-3-5-12)22-20-17(15)13-6-8-14(19)9-7-13/h1-9,16,20H,10-11H2. The fraction of sp³-hybridized carbons (Fsp3) is 0.176. The molecule has 114 valence electrons. The Labute approximate surface area is 143 Å². The van der Waals surface area contributed by atoms with Gasteiger partial charge >= 0.3 is 0 Å². The lowest BCUT2D eigenvalue weighted by atomic mass is 10.1. The molecule has 3 rings (SSSR count). The largest absolute Gasteiger partial charge is 0.345 e. The Bertz CT molecular complexity index is 658. The summed E-state index contributed by atoms with van der Waals surface area (Å²) in [6.07, 6.45) is 0.322. The van der Waals surface area contributed by atoms with Gasteiger partial charge in [0.15, 0.2) is 6.29 Å². The first-order chi connectivity index (χ1) is 10.7. The molecule has 0 fully saturated rings. The van der Waals surface area contributed by atoms with Crippen LogP contribution in [-0.4, -0.2) is 6.29 Å². The maximum absolute atomic E-state index is 5.91. The fourth-order valence-electron chi connectivity index (χ4n) is 2.16. The summed E-state index contributed by atoms with van der Waals surface area (Å²) in [6.45, 7) is 0.518. The van der Waals surface area contributed by atoms with Crippen molar-refractivity contribution in [2.24, 2.45) is 0 Å². The van der Waals surface area contributed by atoms with E-state index in [0.29, 0.717) is 18.1 Å². The van der Waals surface area contributed by atoms with Gasteiger partial charge in [-0.3, -0.25) is 5.48 Å². The Hall–Kier alpha value is -1.33. The Morgan fingerprint density at radius 3 is 2.55 bits per heavy atom. The molecule has 22 heavy (non-hydrogen) atoms. The van der Waals surface area contributed by atoms with E-state index in [2.05, 4.69) is 21.4 Å². The molecule has 0 saturated carbocycles. The van der Waals surface area contributed by atoms with Gasteiger partial charge in [-0.05, 0) is 17.7 Å². The van der Waals surface area contributed by atoms with E-state index in [1.165, 1.54) is 0 Å². The molecule has 1 atom stereocenters. The summed E-state index contributed by atoms with van der Waals surface area (Å²) in [5, 5.41) is 0.710. The Kier molecular flexibility index (Phi) is 5.16. The average molecular weight is 381 g/mol. The zero-order valence-corrected chi connectivity index (χ0v) is 14.1. The number of benzene rings is 2. The zero-order valence-electron chi connectivity index (χ0n) is 11.8. The third-order valence-electron chi connectivity index (χ3n) is 3.32. The highest BCUT2D eigenvalue weighted by atomic mass is 79.9. The van der Waals surface area contributed by atoms with Crippen molar-refractivity contribution < 1.29 is 9.57 Å². The summed E-state index contributed by atoms with van der Waals surface area (Å²) in [4.78, 5) is 5.57. The molecule has 0 radical (unpaired) electrons. The highest BCUT2D eigenvalue weighted by molar-refractivity contribution is 9.11. The monoisotopic (exact) mass is 379 g/mol. The second kappa shape index (κ2) is 7.29. The molecular formula is C17H15BrClNO2. The summed E-state index contributed by atoms with van der Waals surface area (Å²) in [5.74, 6) is 0. The van der Waals surface area contributed by atoms with E-state index >= 15 is 0 Å². The topological polar surface area (TPSA) is 30.5 Å². The van der Waals surface area contributed by atoms with Crippen LogP contribution < -0.4 is 5.48 Å². The molecule has 1 aliphatic rings. The number of halogens is 2. The van der Waals surface area contributed by atoms with Crippen molar-refractivity contribution in [3.8, 4) is 0 Å². The van der Waals surface area contributed by atoms with Crippen molar-refractivity contribution in [3.63, 3.8) is 0 Å². The first kappa shape index (κ1) is 15.6. The van der Waals surface area contributed by atoms with Gasteiger partial charge in [0.05, 0.1) is 12.3 Å². The number of hydrogen-bond donors (Lipinski definition) is 1. The molecule has 1 aliphatic heterocycles. The van der Waals surface area contributed by atoms with Gasteiger partial charge in [-0.15, -0.1) is 0 Å². The quantitative estimate of drug-likeness (QED) is 0.821. The van der Waals surface area contributed by atoms with Gasteiger partial charge < -0.3 is 4.74 Å². The molecule has 1 N–H and O–H groups in total. The van der Waals surface area contributed by atoms with Crippen LogP contribution in [-0.2, 0) is 16.2 Å². The highest BCUT2D eigenvalue weighted by Gasteiger charge is 2.21. The third kappa shape index (κ3) is 3.90. The summed E-state index contributed by atoms with van der Waals surface area (Å²) in [7, 11) is 0. The van der Waals surface area contributed by atoms with E-state index in [-0.39, 0.29) is 6.29 Å². The molecule has 3 nitrogen and oxygen atoms in total. The van der Waals surface area contributed by atoms with E-state index in [0.717, 1.165) is 21.3 Å². The Morgan fingerprint density at radius 2 is 1.86 bits per heavy atom. The molecule has 0 aromatic heterocycles. The van der Waals surface area contributed by atoms with Gasteiger partial charge in [0.25, 0.3) is 0 Å². The summed E-state index contributed by atoms with van der Waals surface area (Å²) < 4.78 is 6.79. The minimum absolute atomic E-state index is 0.328. The number of nitrogens with one attached hydrogen (secondary N) is 1. The van der Waals surface area contributed by atoms with Crippen molar-refractivity contribution in [2.45, 2.75) is 19.3 Å². The van der Waals surface area contributed by atoms with E-state index in [1.807, 2.05) is 54.6 Å². The lowest BCUT2D eigenvalue weighted by Crippen LogP contribution is -2.30. The summed E-state index contributed by atoms with van der Waals surface area (Å²) >= 11 is 9.51. The average Bonchev–Trinajstić information content (AvgIpc) is 2.55. The Morgan fingerprint density at radius 1 is 1.14 bits per heavy atom. The summed E-state index contributed by atoms with van der Waals surface area (Å²) in [5.41, 5.74) is 5.99. The van der Waals surface area contributed by atoms with Crippen molar-refractivity contribution in [2.75, 3.05) is 0 Å². The van der Waals surface area contributed by atoms with Crippen LogP contribution in [0.1, 0.15) is 17.5 Å². The van der Waals surface area contributed by atoms with E-state index in [1.54, 1.807) is 0 Å². The first-order valence-electron chi connectivity index (χ1n) is 6.94. The van der Waals surface area contributed by atoms with Crippen LogP contribution >= 0.6 is 27.5 Å². The predicted octanol–water partition coefficient (Wildman–Crippen LogP) is 4.87. The molecule has 1 heterocycles. The van der Waals surface area contributed by atoms with Gasteiger partial charge in [-0.1, -0.05) is 70.0 Å². The maximum Gasteiger partial charge on any atom is 0.188 e. The van der Waals surface area contributed by atoms with Crippen molar-refractivity contribution in [1.82, 2.24) is 5.48 Å². The van der Waals surface area contributed by atoms with Crippen molar-refractivity contribution in [3.05, 3.63) is 75.2 Å². The minimum atomic E-state index is -0.328. The lowest BCUT2D eigenvalue weighted by molar-refractivity contribution is -0.176. The first-order valence-corrected chi connectivity index (χ1v) is 8.11. The predicted molar refractivity (Wildman–Crippen MR) is 91.2 cm³/mol. The van der Waals surface area contributed by atoms with E-state index in [9.17, 15) is 0 Å². The van der Waals surface area contributed by atoms with Crippen LogP contribution in [0.4, 0.5) is 0 Å². The van der Waals surface area contributed by atoms with Gasteiger partial charge in [0.2, 0.25) is 0 Å². The normalized spacial score (nSPS) is 18.2.